The molecule has 5 nitrogen and oxygen atoms in total. The number of amides is 1. The fraction of sp³-hybridized carbons (Fsp3) is 0.118. The number of halogens is 1. The number of nitrogens with zero attached hydrogens (tertiary/aromatic N) is 2. The van der Waals surface area contributed by atoms with Gasteiger partial charge in [0.05, 0.1) is 11.2 Å². The molecule has 1 amide bonds. The fourth-order valence-corrected chi connectivity index (χ4v) is 2.69. The molecule has 2 aromatic heterocycles. The Morgan fingerprint density at radius 1 is 1.22 bits per heavy atom. The van der Waals surface area contributed by atoms with Crippen LogP contribution in [0.15, 0.2) is 53.3 Å². The zero-order valence-corrected chi connectivity index (χ0v) is 13.9. The third-order valence-electron chi connectivity index (χ3n) is 3.48. The van der Waals surface area contributed by atoms with Crippen LogP contribution in [0.5, 0.6) is 0 Å². The summed E-state index contributed by atoms with van der Waals surface area (Å²) in [5.41, 5.74) is 9.50. The molecule has 0 fully saturated rings. The largest absolute Gasteiger partial charge is 0.383 e. The topological polar surface area (TPSA) is 80.9 Å². The maximum Gasteiger partial charge on any atom is 0.248 e. The molecule has 0 saturated carbocycles. The molecule has 2 heterocycles. The summed E-state index contributed by atoms with van der Waals surface area (Å²) in [4.78, 5) is 19.9. The Labute approximate surface area is 142 Å². The molecule has 0 bridgehead atoms. The average Bonchev–Trinajstić information content (AvgIpc) is 2.55. The maximum atomic E-state index is 11.2. The zero-order valence-electron chi connectivity index (χ0n) is 12.3. The Kier molecular flexibility index (Phi) is 4.52. The molecule has 0 spiro atoms. The van der Waals surface area contributed by atoms with Crippen LogP contribution in [-0.2, 0) is 6.42 Å². The Balaban J connectivity index is 1.72. The highest BCUT2D eigenvalue weighted by Gasteiger charge is 2.05. The van der Waals surface area contributed by atoms with Crippen LogP contribution in [0.2, 0.25) is 0 Å². The van der Waals surface area contributed by atoms with E-state index in [9.17, 15) is 4.79 Å². The predicted molar refractivity (Wildman–Crippen MR) is 94.4 cm³/mol. The normalized spacial score (nSPS) is 10.7. The quantitative estimate of drug-likeness (QED) is 0.722. The van der Waals surface area contributed by atoms with Crippen molar-refractivity contribution in [3.8, 4) is 0 Å². The molecule has 0 unspecified atom stereocenters. The van der Waals surface area contributed by atoms with Gasteiger partial charge in [0.15, 0.2) is 0 Å². The minimum atomic E-state index is -0.408. The average molecular weight is 371 g/mol. The SMILES string of the molecule is NC(=O)c1cccc(CCNc2ccnc3cc(Br)cnc23)c1. The standard InChI is InChI=1S/C17H15BrN4O/c18-13-9-15-16(22-10-13)14(5-7-21-15)20-6-4-11-2-1-3-12(8-11)17(19)23/h1-3,5,7-10H,4,6H2,(H2,19,23)(H,20,21). The van der Waals surface area contributed by atoms with Crippen molar-refractivity contribution in [2.75, 3.05) is 11.9 Å². The molecular formula is C17H15BrN4O. The third-order valence-corrected chi connectivity index (χ3v) is 3.92. The van der Waals surface area contributed by atoms with Gasteiger partial charge in [-0.15, -0.1) is 0 Å². The Morgan fingerprint density at radius 3 is 2.91 bits per heavy atom. The van der Waals surface area contributed by atoms with E-state index in [0.717, 1.165) is 39.7 Å². The van der Waals surface area contributed by atoms with Crippen LogP contribution in [0.1, 0.15) is 15.9 Å². The maximum absolute atomic E-state index is 11.2. The van der Waals surface area contributed by atoms with Crippen molar-refractivity contribution < 1.29 is 4.79 Å². The third kappa shape index (κ3) is 3.65. The second kappa shape index (κ2) is 6.75. The van der Waals surface area contributed by atoms with Crippen LogP contribution in [0, 0.1) is 0 Å². The van der Waals surface area contributed by atoms with E-state index in [1.54, 1.807) is 18.5 Å². The smallest absolute Gasteiger partial charge is 0.248 e. The van der Waals surface area contributed by atoms with E-state index in [1.807, 2.05) is 30.3 Å². The van der Waals surface area contributed by atoms with Gasteiger partial charge in [-0.3, -0.25) is 14.8 Å². The number of anilines is 1. The molecule has 6 heteroatoms. The van der Waals surface area contributed by atoms with Gasteiger partial charge in [0, 0.05) is 29.0 Å². The zero-order chi connectivity index (χ0) is 16.2. The van der Waals surface area contributed by atoms with Crippen molar-refractivity contribution in [1.29, 1.82) is 0 Å². The van der Waals surface area contributed by atoms with E-state index in [1.165, 1.54) is 0 Å². The van der Waals surface area contributed by atoms with Crippen molar-refractivity contribution in [3.63, 3.8) is 0 Å². The highest BCUT2D eigenvalue weighted by molar-refractivity contribution is 9.10. The lowest BCUT2D eigenvalue weighted by atomic mass is 10.1. The number of carbonyl (C=O) groups is 1. The van der Waals surface area contributed by atoms with Gasteiger partial charge < -0.3 is 11.1 Å². The van der Waals surface area contributed by atoms with Gasteiger partial charge in [-0.05, 0) is 52.2 Å². The van der Waals surface area contributed by atoms with Gasteiger partial charge in [-0.25, -0.2) is 0 Å². The molecule has 23 heavy (non-hydrogen) atoms. The molecule has 3 rings (SSSR count). The number of hydrogen-bond acceptors (Lipinski definition) is 4. The van der Waals surface area contributed by atoms with E-state index >= 15 is 0 Å². The van der Waals surface area contributed by atoms with Crippen LogP contribution in [0.4, 0.5) is 5.69 Å². The first kappa shape index (κ1) is 15.4. The Bertz CT molecular complexity index is 866. The van der Waals surface area contributed by atoms with E-state index in [0.29, 0.717) is 5.56 Å². The van der Waals surface area contributed by atoms with Crippen LogP contribution in [0.25, 0.3) is 11.0 Å². The minimum Gasteiger partial charge on any atom is -0.383 e. The lowest BCUT2D eigenvalue weighted by Crippen LogP contribution is -2.12. The van der Waals surface area contributed by atoms with Crippen LogP contribution in [-0.4, -0.2) is 22.4 Å². The van der Waals surface area contributed by atoms with Gasteiger partial charge in [-0.2, -0.15) is 0 Å². The number of aromatic nitrogens is 2. The number of primary amides is 1. The van der Waals surface area contributed by atoms with Crippen LogP contribution < -0.4 is 11.1 Å². The molecule has 0 aliphatic rings. The Hall–Kier alpha value is -2.47. The first-order chi connectivity index (χ1) is 11.1. The van der Waals surface area contributed by atoms with Crippen molar-refractivity contribution in [2.24, 2.45) is 5.73 Å². The molecule has 1 aromatic carbocycles. The summed E-state index contributed by atoms with van der Waals surface area (Å²) in [6.45, 7) is 0.721. The van der Waals surface area contributed by atoms with E-state index in [-0.39, 0.29) is 0 Å². The number of rotatable bonds is 5. The van der Waals surface area contributed by atoms with Gasteiger partial charge in [-0.1, -0.05) is 12.1 Å². The molecule has 0 radical (unpaired) electrons. The number of carbonyl (C=O) groups excluding carboxylic acids is 1. The second-order valence-corrected chi connectivity index (χ2v) is 6.04. The highest BCUT2D eigenvalue weighted by Crippen LogP contribution is 2.22. The lowest BCUT2D eigenvalue weighted by molar-refractivity contribution is 0.1000. The molecule has 0 aliphatic carbocycles. The van der Waals surface area contributed by atoms with Crippen LogP contribution in [0.3, 0.4) is 0 Å². The number of benzene rings is 1. The predicted octanol–water partition coefficient (Wildman–Crippen LogP) is 3.15. The summed E-state index contributed by atoms with van der Waals surface area (Å²) < 4.78 is 0.901. The van der Waals surface area contributed by atoms with E-state index in [4.69, 9.17) is 5.73 Å². The molecule has 116 valence electrons. The number of nitrogens with two attached hydrogens (primary N) is 1. The molecule has 0 saturated heterocycles. The molecule has 0 atom stereocenters. The monoisotopic (exact) mass is 370 g/mol. The number of pyridine rings is 2. The van der Waals surface area contributed by atoms with Crippen molar-refractivity contribution in [1.82, 2.24) is 9.97 Å². The van der Waals surface area contributed by atoms with Crippen molar-refractivity contribution >= 4 is 38.6 Å². The Morgan fingerprint density at radius 2 is 2.09 bits per heavy atom. The lowest BCUT2D eigenvalue weighted by Gasteiger charge is -2.09. The van der Waals surface area contributed by atoms with Gasteiger partial charge in [0.1, 0.15) is 5.52 Å². The first-order valence-electron chi connectivity index (χ1n) is 7.16. The summed E-state index contributed by atoms with van der Waals surface area (Å²) in [5, 5.41) is 3.37. The molecule has 3 N–H and O–H groups in total. The highest BCUT2D eigenvalue weighted by atomic mass is 79.9. The number of hydrogen-bond donors (Lipinski definition) is 2. The number of nitrogens with one attached hydrogen (secondary N) is 1. The summed E-state index contributed by atoms with van der Waals surface area (Å²) in [6, 6.07) is 11.2. The summed E-state index contributed by atoms with van der Waals surface area (Å²) in [7, 11) is 0. The van der Waals surface area contributed by atoms with E-state index < -0.39 is 5.91 Å². The van der Waals surface area contributed by atoms with Crippen molar-refractivity contribution in [3.05, 3.63) is 64.4 Å². The van der Waals surface area contributed by atoms with Crippen LogP contribution >= 0.6 is 15.9 Å². The fourth-order valence-electron chi connectivity index (χ4n) is 2.37. The number of fused-ring (bicyclic) bond motifs is 1. The first-order valence-corrected chi connectivity index (χ1v) is 7.95. The van der Waals surface area contributed by atoms with E-state index in [2.05, 4.69) is 31.2 Å². The minimum absolute atomic E-state index is 0.408. The molecule has 3 aromatic rings. The molecule has 0 aliphatic heterocycles. The summed E-state index contributed by atoms with van der Waals surface area (Å²) in [6.07, 6.45) is 4.29. The second-order valence-electron chi connectivity index (χ2n) is 5.12. The van der Waals surface area contributed by atoms with Gasteiger partial charge >= 0.3 is 0 Å². The van der Waals surface area contributed by atoms with Gasteiger partial charge in [0.2, 0.25) is 5.91 Å². The van der Waals surface area contributed by atoms with Crippen molar-refractivity contribution in [2.45, 2.75) is 6.42 Å². The van der Waals surface area contributed by atoms with Gasteiger partial charge in [0.25, 0.3) is 0 Å². The summed E-state index contributed by atoms with van der Waals surface area (Å²) in [5.74, 6) is -0.408. The summed E-state index contributed by atoms with van der Waals surface area (Å²) >= 11 is 3.40. The molecular weight excluding hydrogens is 356 g/mol.